The van der Waals surface area contributed by atoms with Crippen molar-refractivity contribution in [1.82, 2.24) is 0 Å². The number of methoxy groups -OCH3 is 1. The smallest absolute Gasteiger partial charge is 0.141 e. The number of hydrogen-bond donors (Lipinski definition) is 0. The average Bonchev–Trinajstić information content (AvgIpc) is 2.49. The molecular formula is C17H17Br2FO. The van der Waals surface area contributed by atoms with Crippen molar-refractivity contribution in [1.29, 1.82) is 0 Å². The summed E-state index contributed by atoms with van der Waals surface area (Å²) in [6.45, 7) is 4.33. The van der Waals surface area contributed by atoms with Gasteiger partial charge in [0.2, 0.25) is 0 Å². The van der Waals surface area contributed by atoms with E-state index in [0.29, 0.717) is 16.1 Å². The molecule has 1 nitrogen and oxygen atoms in total. The van der Waals surface area contributed by atoms with E-state index in [1.807, 2.05) is 0 Å². The zero-order chi connectivity index (χ0) is 15.6. The Labute approximate surface area is 141 Å². The summed E-state index contributed by atoms with van der Waals surface area (Å²) in [5.41, 5.74) is 3.30. The molecule has 0 bridgehead atoms. The summed E-state index contributed by atoms with van der Waals surface area (Å²) in [6, 6.07) is 11.6. The van der Waals surface area contributed by atoms with E-state index in [9.17, 15) is 4.39 Å². The van der Waals surface area contributed by atoms with E-state index in [-0.39, 0.29) is 10.6 Å². The SMILES string of the molecule is COc1cc(F)c(Br)cc1C(Br)c1ccc(C(C)C)cc1. The highest BCUT2D eigenvalue weighted by Gasteiger charge is 2.18. The highest BCUT2D eigenvalue weighted by Crippen LogP contribution is 2.39. The van der Waals surface area contributed by atoms with Crippen LogP contribution in [0.25, 0.3) is 0 Å². The van der Waals surface area contributed by atoms with Gasteiger partial charge in [-0.25, -0.2) is 4.39 Å². The Balaban J connectivity index is 2.39. The van der Waals surface area contributed by atoms with Crippen LogP contribution in [0.15, 0.2) is 40.9 Å². The number of rotatable bonds is 4. The van der Waals surface area contributed by atoms with Crippen LogP contribution in [0.1, 0.15) is 41.3 Å². The van der Waals surface area contributed by atoms with E-state index in [4.69, 9.17) is 4.74 Å². The molecule has 0 fully saturated rings. The van der Waals surface area contributed by atoms with Gasteiger partial charge < -0.3 is 4.74 Å². The van der Waals surface area contributed by atoms with Crippen LogP contribution in [-0.4, -0.2) is 7.11 Å². The second kappa shape index (κ2) is 6.93. The summed E-state index contributed by atoms with van der Waals surface area (Å²) in [5.74, 6) is 0.707. The van der Waals surface area contributed by atoms with Crippen molar-refractivity contribution in [2.24, 2.45) is 0 Å². The van der Waals surface area contributed by atoms with Crippen molar-refractivity contribution in [3.05, 3.63) is 63.4 Å². The molecule has 0 aliphatic heterocycles. The molecule has 0 spiro atoms. The molecule has 0 N–H and O–H groups in total. The maximum absolute atomic E-state index is 13.6. The minimum atomic E-state index is -0.328. The molecule has 1 unspecified atom stereocenters. The van der Waals surface area contributed by atoms with E-state index >= 15 is 0 Å². The summed E-state index contributed by atoms with van der Waals surface area (Å²) in [6.07, 6.45) is 0. The van der Waals surface area contributed by atoms with E-state index in [1.54, 1.807) is 13.2 Å². The number of benzene rings is 2. The third kappa shape index (κ3) is 3.67. The predicted molar refractivity (Wildman–Crippen MR) is 92.0 cm³/mol. The van der Waals surface area contributed by atoms with Gasteiger partial charge in [-0.2, -0.15) is 0 Å². The summed E-state index contributed by atoms with van der Waals surface area (Å²) >= 11 is 6.91. The first-order valence-electron chi connectivity index (χ1n) is 6.71. The van der Waals surface area contributed by atoms with Crippen LogP contribution in [0.5, 0.6) is 5.75 Å². The zero-order valence-corrected chi connectivity index (χ0v) is 15.3. The Kier molecular flexibility index (Phi) is 5.44. The summed E-state index contributed by atoms with van der Waals surface area (Å²) < 4.78 is 19.3. The van der Waals surface area contributed by atoms with Gasteiger partial charge in [-0.15, -0.1) is 0 Å². The molecular weight excluding hydrogens is 399 g/mol. The topological polar surface area (TPSA) is 9.23 Å². The molecule has 2 rings (SSSR count). The molecule has 21 heavy (non-hydrogen) atoms. The first kappa shape index (κ1) is 16.5. The van der Waals surface area contributed by atoms with Crippen LogP contribution in [0.4, 0.5) is 4.39 Å². The number of halogens is 3. The van der Waals surface area contributed by atoms with E-state index in [0.717, 1.165) is 11.1 Å². The largest absolute Gasteiger partial charge is 0.496 e. The Hall–Kier alpha value is -0.870. The second-order valence-electron chi connectivity index (χ2n) is 5.19. The van der Waals surface area contributed by atoms with Crippen LogP contribution in [0.2, 0.25) is 0 Å². The highest BCUT2D eigenvalue weighted by atomic mass is 79.9. The van der Waals surface area contributed by atoms with E-state index in [2.05, 4.69) is 70.0 Å². The van der Waals surface area contributed by atoms with Crippen molar-refractivity contribution in [2.45, 2.75) is 24.6 Å². The van der Waals surface area contributed by atoms with Crippen LogP contribution in [0, 0.1) is 5.82 Å². The molecule has 0 aromatic heterocycles. The standard InChI is InChI=1S/C17H17Br2FO/c1-10(2)11-4-6-12(7-5-11)17(19)13-8-14(18)15(20)9-16(13)21-3/h4-10,17H,1-3H3. The minimum Gasteiger partial charge on any atom is -0.496 e. The van der Waals surface area contributed by atoms with E-state index < -0.39 is 0 Å². The van der Waals surface area contributed by atoms with Crippen molar-refractivity contribution >= 4 is 31.9 Å². The molecule has 112 valence electrons. The van der Waals surface area contributed by atoms with Gasteiger partial charge in [0.15, 0.2) is 0 Å². The third-order valence-corrected chi connectivity index (χ3v) is 5.07. The third-order valence-electron chi connectivity index (χ3n) is 3.44. The molecule has 0 amide bonds. The number of alkyl halides is 1. The van der Waals surface area contributed by atoms with Gasteiger partial charge in [0.25, 0.3) is 0 Å². The van der Waals surface area contributed by atoms with E-state index in [1.165, 1.54) is 11.6 Å². The van der Waals surface area contributed by atoms with Crippen molar-refractivity contribution in [3.63, 3.8) is 0 Å². The van der Waals surface area contributed by atoms with Crippen molar-refractivity contribution in [2.75, 3.05) is 7.11 Å². The average molecular weight is 416 g/mol. The maximum Gasteiger partial charge on any atom is 0.141 e. The lowest BCUT2D eigenvalue weighted by Crippen LogP contribution is -1.99. The summed E-state index contributed by atoms with van der Waals surface area (Å²) in [7, 11) is 1.55. The van der Waals surface area contributed by atoms with Gasteiger partial charge in [0.05, 0.1) is 16.4 Å². The normalized spacial score (nSPS) is 12.5. The lowest BCUT2D eigenvalue weighted by atomic mass is 9.98. The second-order valence-corrected chi connectivity index (χ2v) is 6.96. The number of hydrogen-bond acceptors (Lipinski definition) is 1. The Bertz CT molecular complexity index is 623. The fourth-order valence-electron chi connectivity index (χ4n) is 2.15. The van der Waals surface area contributed by atoms with Gasteiger partial charge in [0, 0.05) is 11.6 Å². The molecule has 2 aromatic carbocycles. The van der Waals surface area contributed by atoms with Crippen molar-refractivity contribution < 1.29 is 9.13 Å². The summed E-state index contributed by atoms with van der Waals surface area (Å²) in [4.78, 5) is -0.0504. The lowest BCUT2D eigenvalue weighted by molar-refractivity contribution is 0.406. The van der Waals surface area contributed by atoms with Crippen LogP contribution >= 0.6 is 31.9 Å². The molecule has 0 saturated carbocycles. The van der Waals surface area contributed by atoms with Crippen LogP contribution < -0.4 is 4.74 Å². The van der Waals surface area contributed by atoms with Crippen molar-refractivity contribution in [3.8, 4) is 5.75 Å². The van der Waals surface area contributed by atoms with Gasteiger partial charge >= 0.3 is 0 Å². The maximum atomic E-state index is 13.6. The highest BCUT2D eigenvalue weighted by molar-refractivity contribution is 9.10. The number of ether oxygens (including phenoxy) is 1. The first-order valence-corrected chi connectivity index (χ1v) is 8.41. The Morgan fingerprint density at radius 3 is 2.14 bits per heavy atom. The van der Waals surface area contributed by atoms with Gasteiger partial charge in [-0.1, -0.05) is 54.0 Å². The predicted octanol–water partition coefficient (Wildman–Crippen LogP) is 6.20. The molecule has 2 aromatic rings. The molecule has 0 saturated heterocycles. The molecule has 1 atom stereocenters. The fourth-order valence-corrected chi connectivity index (χ4v) is 3.17. The first-order chi connectivity index (χ1) is 9.93. The Morgan fingerprint density at radius 2 is 1.62 bits per heavy atom. The van der Waals surface area contributed by atoms with Crippen LogP contribution in [-0.2, 0) is 0 Å². The zero-order valence-electron chi connectivity index (χ0n) is 12.2. The van der Waals surface area contributed by atoms with Gasteiger partial charge in [-0.3, -0.25) is 0 Å². The molecule has 0 radical (unpaired) electrons. The molecule has 0 aliphatic rings. The lowest BCUT2D eigenvalue weighted by Gasteiger charge is -2.16. The van der Waals surface area contributed by atoms with Gasteiger partial charge in [-0.05, 0) is 39.0 Å². The summed E-state index contributed by atoms with van der Waals surface area (Å²) in [5, 5.41) is 0. The Morgan fingerprint density at radius 1 is 1.05 bits per heavy atom. The van der Waals surface area contributed by atoms with Crippen LogP contribution in [0.3, 0.4) is 0 Å². The quantitative estimate of drug-likeness (QED) is 0.539. The molecule has 4 heteroatoms. The molecule has 0 heterocycles. The monoisotopic (exact) mass is 414 g/mol. The minimum absolute atomic E-state index is 0.0504. The molecule has 0 aliphatic carbocycles. The fraction of sp³-hybridized carbons (Fsp3) is 0.294. The van der Waals surface area contributed by atoms with Gasteiger partial charge in [0.1, 0.15) is 11.6 Å².